The number of aryl methyl sites for hydroxylation is 1. The second kappa shape index (κ2) is 8.40. The normalized spacial score (nSPS) is 22.1. The number of hydrogen-bond donors (Lipinski definition) is 1. The summed E-state index contributed by atoms with van der Waals surface area (Å²) in [6.07, 6.45) is -5.06. The van der Waals surface area contributed by atoms with Crippen LogP contribution in [0.25, 0.3) is 0 Å². The number of nitrogens with zero attached hydrogens (tertiary/aromatic N) is 2. The van der Waals surface area contributed by atoms with E-state index in [1.165, 1.54) is 25.2 Å². The maximum Gasteiger partial charge on any atom is 0.417 e. The summed E-state index contributed by atoms with van der Waals surface area (Å²) in [6, 6.07) is 8.92. The zero-order valence-corrected chi connectivity index (χ0v) is 20.5. The molecule has 0 bridgehead atoms. The summed E-state index contributed by atoms with van der Waals surface area (Å²) in [4.78, 5) is 12.7. The highest BCUT2D eigenvalue weighted by Gasteiger charge is 2.62. The van der Waals surface area contributed by atoms with Crippen LogP contribution in [0.4, 0.5) is 13.2 Å². The summed E-state index contributed by atoms with van der Waals surface area (Å²) in [7, 11) is 1.29. The summed E-state index contributed by atoms with van der Waals surface area (Å²) >= 11 is 13.8. The Morgan fingerprint density at radius 2 is 1.79 bits per heavy atom. The average molecular weight is 516 g/mol. The van der Waals surface area contributed by atoms with E-state index in [1.807, 2.05) is 6.92 Å². The first kappa shape index (κ1) is 24.2. The van der Waals surface area contributed by atoms with Crippen molar-refractivity contribution in [2.24, 2.45) is 5.10 Å². The van der Waals surface area contributed by atoms with Crippen LogP contribution in [-0.2, 0) is 5.54 Å². The molecule has 2 aromatic rings. The van der Waals surface area contributed by atoms with Crippen LogP contribution >= 0.6 is 35.0 Å². The minimum absolute atomic E-state index is 0.0759. The Morgan fingerprint density at radius 3 is 2.30 bits per heavy atom. The molecular weight excluding hydrogens is 494 g/mol. The number of carbonyl (C=O) groups excluding carboxylic acids is 1. The monoisotopic (exact) mass is 515 g/mol. The standard InChI is InChI=1S/C23H22Cl2F3N3OS/c1-13-6-14(4-5-18(13)20(32)29-21(2)11-33-12-21)19-10-22(23(26,27)28,31(3)30-19)15-7-16(24)9-17(25)8-15/h4-9H,10-12H2,1-3H3,(H,29,32). The summed E-state index contributed by atoms with van der Waals surface area (Å²) in [5.41, 5.74) is -0.752. The number of halogens is 5. The van der Waals surface area contributed by atoms with Gasteiger partial charge in [0.1, 0.15) is 0 Å². The Bertz CT molecular complexity index is 1130. The molecule has 1 amide bonds. The smallest absolute Gasteiger partial charge is 0.345 e. The second-order valence-electron chi connectivity index (χ2n) is 8.80. The number of alkyl halides is 3. The fraction of sp³-hybridized carbons (Fsp3) is 0.391. The van der Waals surface area contributed by atoms with Crippen molar-refractivity contribution in [2.75, 3.05) is 18.6 Å². The van der Waals surface area contributed by atoms with Gasteiger partial charge in [-0.1, -0.05) is 29.3 Å². The lowest BCUT2D eigenvalue weighted by Gasteiger charge is -2.38. The molecule has 10 heteroatoms. The van der Waals surface area contributed by atoms with E-state index in [4.69, 9.17) is 23.2 Å². The predicted octanol–water partition coefficient (Wildman–Crippen LogP) is 6.03. The molecular formula is C23H22Cl2F3N3OS. The molecule has 2 aliphatic rings. The van der Waals surface area contributed by atoms with Crippen LogP contribution in [0.1, 0.15) is 40.4 Å². The van der Waals surface area contributed by atoms with Gasteiger partial charge < -0.3 is 5.32 Å². The zero-order valence-electron chi connectivity index (χ0n) is 18.2. The molecule has 1 N–H and O–H groups in total. The third-order valence-corrected chi connectivity index (χ3v) is 8.24. The van der Waals surface area contributed by atoms with Crippen LogP contribution in [0.5, 0.6) is 0 Å². The molecule has 0 saturated carbocycles. The number of rotatable bonds is 4. The number of amides is 1. The Morgan fingerprint density at radius 1 is 1.15 bits per heavy atom. The molecule has 1 atom stereocenters. The van der Waals surface area contributed by atoms with Crippen molar-refractivity contribution in [1.82, 2.24) is 10.3 Å². The van der Waals surface area contributed by atoms with Crippen LogP contribution in [0.3, 0.4) is 0 Å². The highest BCUT2D eigenvalue weighted by Crippen LogP contribution is 2.50. The molecule has 0 radical (unpaired) electrons. The minimum atomic E-state index is -4.65. The Balaban J connectivity index is 1.66. The van der Waals surface area contributed by atoms with Crippen molar-refractivity contribution in [3.63, 3.8) is 0 Å². The average Bonchev–Trinajstić information content (AvgIpc) is 3.04. The number of hydrazone groups is 1. The molecule has 0 spiro atoms. The summed E-state index contributed by atoms with van der Waals surface area (Å²) in [5, 5.41) is 8.45. The van der Waals surface area contributed by atoms with Crippen molar-refractivity contribution >= 4 is 46.6 Å². The lowest BCUT2D eigenvalue weighted by Crippen LogP contribution is -2.55. The van der Waals surface area contributed by atoms with Gasteiger partial charge in [-0.05, 0) is 60.9 Å². The first-order chi connectivity index (χ1) is 15.3. The second-order valence-corrected chi connectivity index (χ2v) is 10.7. The van der Waals surface area contributed by atoms with Crippen LogP contribution in [0.2, 0.25) is 10.0 Å². The van der Waals surface area contributed by atoms with Gasteiger partial charge in [0.15, 0.2) is 5.54 Å². The number of carbonyl (C=O) groups is 1. The van der Waals surface area contributed by atoms with Gasteiger partial charge in [-0.2, -0.15) is 30.0 Å². The van der Waals surface area contributed by atoms with Crippen molar-refractivity contribution in [1.29, 1.82) is 0 Å². The molecule has 2 aromatic carbocycles. The summed E-state index contributed by atoms with van der Waals surface area (Å²) in [6.45, 7) is 3.76. The molecule has 1 saturated heterocycles. The maximum atomic E-state index is 14.5. The Kier molecular flexibility index (Phi) is 6.16. The number of thioether (sulfide) groups is 1. The van der Waals surface area contributed by atoms with Gasteiger partial charge in [-0.25, -0.2) is 0 Å². The number of nitrogens with one attached hydrogen (secondary N) is 1. The van der Waals surface area contributed by atoms with E-state index >= 15 is 0 Å². The third kappa shape index (κ3) is 4.33. The quantitative estimate of drug-likeness (QED) is 0.540. The largest absolute Gasteiger partial charge is 0.417 e. The van der Waals surface area contributed by atoms with E-state index in [-0.39, 0.29) is 32.8 Å². The van der Waals surface area contributed by atoms with Gasteiger partial charge in [0, 0.05) is 40.6 Å². The predicted molar refractivity (Wildman–Crippen MR) is 127 cm³/mol. The molecule has 4 rings (SSSR count). The SMILES string of the molecule is Cc1cc(C2=NN(C)C(c3cc(Cl)cc(Cl)c3)(C(F)(F)F)C2)ccc1C(=O)NC1(C)CSC1. The van der Waals surface area contributed by atoms with Gasteiger partial charge in [0.2, 0.25) is 0 Å². The first-order valence-electron chi connectivity index (χ1n) is 10.2. The van der Waals surface area contributed by atoms with E-state index in [2.05, 4.69) is 10.4 Å². The van der Waals surface area contributed by atoms with E-state index in [9.17, 15) is 18.0 Å². The van der Waals surface area contributed by atoms with Crippen LogP contribution in [-0.4, -0.2) is 46.9 Å². The highest BCUT2D eigenvalue weighted by atomic mass is 35.5. The van der Waals surface area contributed by atoms with E-state index in [1.54, 1.807) is 36.9 Å². The number of hydrogen-bond acceptors (Lipinski definition) is 4. The molecule has 1 unspecified atom stereocenters. The first-order valence-corrected chi connectivity index (χ1v) is 12.1. The molecule has 1 fully saturated rings. The van der Waals surface area contributed by atoms with Crippen LogP contribution in [0.15, 0.2) is 41.5 Å². The topological polar surface area (TPSA) is 44.7 Å². The summed E-state index contributed by atoms with van der Waals surface area (Å²) in [5.74, 6) is 1.52. The minimum Gasteiger partial charge on any atom is -0.345 e. The Hall–Kier alpha value is -1.90. The fourth-order valence-electron chi connectivity index (χ4n) is 4.27. The third-order valence-electron chi connectivity index (χ3n) is 6.12. The molecule has 2 aliphatic heterocycles. The van der Waals surface area contributed by atoms with Crippen LogP contribution in [0, 0.1) is 6.92 Å². The van der Waals surface area contributed by atoms with Gasteiger partial charge in [-0.3, -0.25) is 9.80 Å². The van der Waals surface area contributed by atoms with Crippen molar-refractivity contribution in [3.8, 4) is 0 Å². The van der Waals surface area contributed by atoms with Crippen LogP contribution < -0.4 is 5.32 Å². The van der Waals surface area contributed by atoms with Gasteiger partial charge in [0.05, 0.1) is 11.3 Å². The Labute approximate surface area is 204 Å². The summed E-state index contributed by atoms with van der Waals surface area (Å²) < 4.78 is 43.5. The van der Waals surface area contributed by atoms with E-state index in [0.29, 0.717) is 16.7 Å². The molecule has 176 valence electrons. The molecule has 2 heterocycles. The van der Waals surface area contributed by atoms with Gasteiger partial charge in [-0.15, -0.1) is 0 Å². The molecule has 0 aliphatic carbocycles. The van der Waals surface area contributed by atoms with E-state index in [0.717, 1.165) is 16.5 Å². The molecule has 33 heavy (non-hydrogen) atoms. The zero-order chi connectivity index (χ0) is 24.2. The van der Waals surface area contributed by atoms with Gasteiger partial charge in [0.25, 0.3) is 5.91 Å². The highest BCUT2D eigenvalue weighted by molar-refractivity contribution is 8.00. The maximum absolute atomic E-state index is 14.5. The lowest BCUT2D eigenvalue weighted by atomic mass is 9.83. The fourth-order valence-corrected chi connectivity index (χ4v) is 5.75. The number of benzene rings is 2. The van der Waals surface area contributed by atoms with E-state index < -0.39 is 18.1 Å². The van der Waals surface area contributed by atoms with Crippen molar-refractivity contribution < 1.29 is 18.0 Å². The van der Waals surface area contributed by atoms with Crippen molar-refractivity contribution in [2.45, 2.75) is 37.5 Å². The van der Waals surface area contributed by atoms with Crippen molar-refractivity contribution in [3.05, 3.63) is 68.7 Å². The van der Waals surface area contributed by atoms with Gasteiger partial charge >= 0.3 is 6.18 Å². The lowest BCUT2D eigenvalue weighted by molar-refractivity contribution is -0.227. The molecule has 0 aromatic heterocycles. The molecule has 4 nitrogen and oxygen atoms in total.